The molecule has 1 N–H and O–H groups in total. The minimum absolute atomic E-state index is 0.0843. The number of hydrogen-bond acceptors (Lipinski definition) is 2. The number of amides is 1. The number of rotatable bonds is 4. The molecule has 0 unspecified atom stereocenters. The molecule has 5 heteroatoms. The van der Waals surface area contributed by atoms with Crippen LogP contribution in [0, 0.1) is 6.92 Å². The van der Waals surface area contributed by atoms with Gasteiger partial charge in [-0.1, -0.05) is 11.6 Å². The van der Waals surface area contributed by atoms with E-state index in [1.807, 2.05) is 19.1 Å². The van der Waals surface area contributed by atoms with E-state index >= 15 is 0 Å². The largest absolute Gasteiger partial charge is 0.480 e. The number of carboxylic acid groups (broad SMARTS) is 1. The molecule has 1 fully saturated rings. The van der Waals surface area contributed by atoms with Crippen LogP contribution in [0.25, 0.3) is 0 Å². The molecule has 1 aliphatic carbocycles. The summed E-state index contributed by atoms with van der Waals surface area (Å²) in [4.78, 5) is 24.6. The van der Waals surface area contributed by atoms with E-state index < -0.39 is 5.97 Å². The summed E-state index contributed by atoms with van der Waals surface area (Å²) in [5, 5.41) is 8.87. The number of aliphatic carboxylic acids is 1. The average Bonchev–Trinajstić information content (AvgIpc) is 3.12. The second-order valence-corrected chi connectivity index (χ2v) is 5.40. The average molecular weight is 312 g/mol. The van der Waals surface area contributed by atoms with Gasteiger partial charge < -0.3 is 10.0 Å². The van der Waals surface area contributed by atoms with Crippen LogP contribution < -0.4 is 0 Å². The van der Waals surface area contributed by atoms with Crippen molar-refractivity contribution >= 4 is 27.8 Å². The number of aryl methyl sites for hydroxylation is 1. The number of hydrogen-bond donors (Lipinski definition) is 1. The van der Waals surface area contributed by atoms with Crippen LogP contribution in [0.2, 0.25) is 0 Å². The maximum atomic E-state index is 12.4. The summed E-state index contributed by atoms with van der Waals surface area (Å²) >= 11 is 3.34. The van der Waals surface area contributed by atoms with E-state index in [0.29, 0.717) is 10.0 Å². The lowest BCUT2D eigenvalue weighted by atomic mass is 10.1. The quantitative estimate of drug-likeness (QED) is 0.929. The Balaban J connectivity index is 2.27. The Labute approximate surface area is 114 Å². The van der Waals surface area contributed by atoms with Gasteiger partial charge in [-0.2, -0.15) is 0 Å². The zero-order valence-corrected chi connectivity index (χ0v) is 11.6. The minimum Gasteiger partial charge on any atom is -0.480 e. The van der Waals surface area contributed by atoms with Crippen molar-refractivity contribution in [2.24, 2.45) is 0 Å². The lowest BCUT2D eigenvalue weighted by molar-refractivity contribution is -0.137. The van der Waals surface area contributed by atoms with Crippen molar-refractivity contribution in [3.05, 3.63) is 33.8 Å². The molecule has 96 valence electrons. The van der Waals surface area contributed by atoms with E-state index in [1.165, 1.54) is 4.90 Å². The molecule has 1 saturated carbocycles. The van der Waals surface area contributed by atoms with Gasteiger partial charge in [-0.3, -0.25) is 9.59 Å². The second kappa shape index (κ2) is 5.10. The first-order valence-electron chi connectivity index (χ1n) is 5.78. The number of nitrogens with zero attached hydrogens (tertiary/aromatic N) is 1. The summed E-state index contributed by atoms with van der Waals surface area (Å²) in [5.74, 6) is -1.19. The fourth-order valence-electron chi connectivity index (χ4n) is 1.86. The molecule has 0 bridgehead atoms. The third kappa shape index (κ3) is 2.90. The fourth-order valence-corrected chi connectivity index (χ4v) is 2.27. The van der Waals surface area contributed by atoms with Crippen LogP contribution >= 0.6 is 15.9 Å². The minimum atomic E-state index is -0.973. The number of carbonyl (C=O) groups excluding carboxylic acids is 1. The molecule has 1 aliphatic rings. The Morgan fingerprint density at radius 2 is 2.11 bits per heavy atom. The highest BCUT2D eigenvalue weighted by atomic mass is 79.9. The van der Waals surface area contributed by atoms with Crippen LogP contribution in [0.1, 0.15) is 28.8 Å². The molecule has 0 atom stereocenters. The number of carbonyl (C=O) groups is 2. The van der Waals surface area contributed by atoms with Gasteiger partial charge in [0.05, 0.1) is 5.56 Å². The fraction of sp³-hybridized carbons (Fsp3) is 0.385. The highest BCUT2D eigenvalue weighted by Crippen LogP contribution is 2.29. The van der Waals surface area contributed by atoms with Gasteiger partial charge in [-0.15, -0.1) is 0 Å². The zero-order valence-electron chi connectivity index (χ0n) is 10.0. The predicted octanol–water partition coefficient (Wildman–Crippen LogP) is 2.45. The molecule has 1 aromatic carbocycles. The molecule has 0 aliphatic heterocycles. The number of benzene rings is 1. The Hall–Kier alpha value is -1.36. The van der Waals surface area contributed by atoms with Crippen LogP contribution in [-0.2, 0) is 4.79 Å². The van der Waals surface area contributed by atoms with Crippen molar-refractivity contribution in [2.75, 3.05) is 6.54 Å². The first kappa shape index (κ1) is 13.1. The molecule has 1 aromatic rings. The molecule has 4 nitrogen and oxygen atoms in total. The molecule has 0 radical (unpaired) electrons. The Kier molecular flexibility index (Phi) is 3.71. The van der Waals surface area contributed by atoms with Crippen LogP contribution in [0.4, 0.5) is 0 Å². The molecular weight excluding hydrogens is 298 g/mol. The van der Waals surface area contributed by atoms with Gasteiger partial charge in [0.2, 0.25) is 0 Å². The Morgan fingerprint density at radius 1 is 1.44 bits per heavy atom. The van der Waals surface area contributed by atoms with E-state index in [9.17, 15) is 9.59 Å². The first-order valence-corrected chi connectivity index (χ1v) is 6.57. The van der Waals surface area contributed by atoms with E-state index in [-0.39, 0.29) is 18.5 Å². The standard InChI is InChI=1S/C13H14BrNO3/c1-8-2-5-11(14)10(6-8)13(18)15(7-12(16)17)9-3-4-9/h2,5-6,9H,3-4,7H2,1H3,(H,16,17). The molecule has 2 rings (SSSR count). The first-order chi connectivity index (χ1) is 8.49. The molecule has 18 heavy (non-hydrogen) atoms. The highest BCUT2D eigenvalue weighted by molar-refractivity contribution is 9.10. The van der Waals surface area contributed by atoms with E-state index in [0.717, 1.165) is 18.4 Å². The lowest BCUT2D eigenvalue weighted by Gasteiger charge is -2.21. The topological polar surface area (TPSA) is 57.6 Å². The maximum Gasteiger partial charge on any atom is 0.323 e. The molecule has 0 spiro atoms. The van der Waals surface area contributed by atoms with Crippen molar-refractivity contribution in [1.82, 2.24) is 4.90 Å². The van der Waals surface area contributed by atoms with Gasteiger partial charge in [0, 0.05) is 10.5 Å². The summed E-state index contributed by atoms with van der Waals surface area (Å²) in [7, 11) is 0. The van der Waals surface area contributed by atoms with Crippen molar-refractivity contribution in [3.8, 4) is 0 Å². The van der Waals surface area contributed by atoms with Crippen molar-refractivity contribution < 1.29 is 14.7 Å². The van der Waals surface area contributed by atoms with E-state index in [2.05, 4.69) is 15.9 Å². The van der Waals surface area contributed by atoms with Crippen LogP contribution in [0.3, 0.4) is 0 Å². The molecule has 1 amide bonds. The third-order valence-electron chi connectivity index (χ3n) is 2.91. The summed E-state index contributed by atoms with van der Waals surface area (Å²) in [5.41, 5.74) is 1.51. The van der Waals surface area contributed by atoms with Gasteiger partial charge in [0.1, 0.15) is 6.54 Å². The van der Waals surface area contributed by atoms with Crippen molar-refractivity contribution in [3.63, 3.8) is 0 Å². The van der Waals surface area contributed by atoms with E-state index in [1.54, 1.807) is 6.07 Å². The zero-order chi connectivity index (χ0) is 13.3. The molecule has 0 aromatic heterocycles. The van der Waals surface area contributed by atoms with Gasteiger partial charge in [-0.25, -0.2) is 0 Å². The SMILES string of the molecule is Cc1ccc(Br)c(C(=O)N(CC(=O)O)C2CC2)c1. The van der Waals surface area contributed by atoms with Crippen LogP contribution in [0.5, 0.6) is 0 Å². The van der Waals surface area contributed by atoms with Crippen molar-refractivity contribution in [2.45, 2.75) is 25.8 Å². The summed E-state index contributed by atoms with van der Waals surface area (Å²) in [6.07, 6.45) is 1.78. The lowest BCUT2D eigenvalue weighted by Crippen LogP contribution is -2.37. The second-order valence-electron chi connectivity index (χ2n) is 4.54. The number of carboxylic acids is 1. The Bertz CT molecular complexity index is 497. The smallest absolute Gasteiger partial charge is 0.323 e. The van der Waals surface area contributed by atoms with Gasteiger partial charge in [0.25, 0.3) is 5.91 Å². The van der Waals surface area contributed by atoms with Gasteiger partial charge in [-0.05, 0) is 47.8 Å². The van der Waals surface area contributed by atoms with Gasteiger partial charge in [0.15, 0.2) is 0 Å². The summed E-state index contributed by atoms with van der Waals surface area (Å²) in [6, 6.07) is 5.58. The van der Waals surface area contributed by atoms with Crippen LogP contribution in [0.15, 0.2) is 22.7 Å². The monoisotopic (exact) mass is 311 g/mol. The summed E-state index contributed by atoms with van der Waals surface area (Å²) in [6.45, 7) is 1.67. The highest BCUT2D eigenvalue weighted by Gasteiger charge is 2.34. The van der Waals surface area contributed by atoms with Crippen molar-refractivity contribution in [1.29, 1.82) is 0 Å². The van der Waals surface area contributed by atoms with E-state index in [4.69, 9.17) is 5.11 Å². The van der Waals surface area contributed by atoms with Gasteiger partial charge >= 0.3 is 5.97 Å². The number of halogens is 1. The third-order valence-corrected chi connectivity index (χ3v) is 3.60. The predicted molar refractivity (Wildman–Crippen MR) is 70.6 cm³/mol. The van der Waals surface area contributed by atoms with Crippen LogP contribution in [-0.4, -0.2) is 34.5 Å². The summed E-state index contributed by atoms with van der Waals surface area (Å²) < 4.78 is 0.703. The normalized spacial score (nSPS) is 14.3. The Morgan fingerprint density at radius 3 is 2.67 bits per heavy atom. The molecular formula is C13H14BrNO3. The molecule has 0 saturated heterocycles. The maximum absolute atomic E-state index is 12.4. The molecule has 0 heterocycles.